The van der Waals surface area contributed by atoms with Crippen LogP contribution in [0.15, 0.2) is 47.6 Å². The molecule has 4 nitrogen and oxygen atoms in total. The molecule has 2 heterocycles. The molecule has 0 bridgehead atoms. The van der Waals surface area contributed by atoms with E-state index in [0.717, 1.165) is 52.6 Å². The number of rotatable bonds is 2. The maximum Gasteiger partial charge on any atom is 0.198 e. The summed E-state index contributed by atoms with van der Waals surface area (Å²) in [6, 6.07) is 14.3. The first kappa shape index (κ1) is 16.9. The van der Waals surface area contributed by atoms with Crippen molar-refractivity contribution in [2.24, 2.45) is 5.10 Å². The fraction of sp³-hybridized carbons (Fsp3) is 0.409. The van der Waals surface area contributed by atoms with Gasteiger partial charge in [0.1, 0.15) is 11.5 Å². The second-order valence-electron chi connectivity index (χ2n) is 7.63. The molecule has 1 saturated carbocycles. The predicted molar refractivity (Wildman–Crippen MR) is 107 cm³/mol. The van der Waals surface area contributed by atoms with Crippen molar-refractivity contribution in [3.05, 3.63) is 58.6 Å². The Kier molecular flexibility index (Phi) is 4.05. The third kappa shape index (κ3) is 2.78. The first-order valence-electron chi connectivity index (χ1n) is 9.68. The van der Waals surface area contributed by atoms with Gasteiger partial charge < -0.3 is 9.47 Å². The van der Waals surface area contributed by atoms with E-state index in [4.69, 9.17) is 26.2 Å². The van der Waals surface area contributed by atoms with Gasteiger partial charge in [0.2, 0.25) is 0 Å². The van der Waals surface area contributed by atoms with Gasteiger partial charge in [-0.1, -0.05) is 18.0 Å². The number of fused-ring (bicyclic) bond motifs is 4. The molecule has 3 aliphatic rings. The molecule has 1 unspecified atom stereocenters. The maximum atomic E-state index is 6.59. The van der Waals surface area contributed by atoms with Crippen LogP contribution in [0.5, 0.6) is 11.5 Å². The zero-order valence-electron chi connectivity index (χ0n) is 15.5. The Morgan fingerprint density at radius 1 is 1.11 bits per heavy atom. The lowest BCUT2D eigenvalue weighted by atomic mass is 9.86. The molecule has 1 fully saturated rings. The van der Waals surface area contributed by atoms with Crippen molar-refractivity contribution < 1.29 is 9.47 Å². The van der Waals surface area contributed by atoms with Gasteiger partial charge in [-0.15, -0.1) is 0 Å². The monoisotopic (exact) mass is 382 g/mol. The van der Waals surface area contributed by atoms with E-state index >= 15 is 0 Å². The Morgan fingerprint density at radius 2 is 1.89 bits per heavy atom. The third-order valence-electron chi connectivity index (χ3n) is 6.02. The first-order chi connectivity index (χ1) is 13.2. The molecule has 2 aromatic carbocycles. The molecule has 140 valence electrons. The Balaban J connectivity index is 1.57. The van der Waals surface area contributed by atoms with Crippen LogP contribution in [0.4, 0.5) is 0 Å². The molecule has 0 saturated heterocycles. The highest BCUT2D eigenvalue weighted by Crippen LogP contribution is 2.51. The standard InChI is InChI=1S/C22H23ClN2O2/c1-26-17-8-5-15(6-9-17)19-14-20-18-13-16(23)7-10-21(18)27-22(25(20)24-19)11-3-2-4-12-22/h5-10,13,20H,2-4,11-12,14H2,1H3. The summed E-state index contributed by atoms with van der Waals surface area (Å²) in [5, 5.41) is 8.07. The smallest absolute Gasteiger partial charge is 0.198 e. The molecule has 2 aliphatic heterocycles. The lowest BCUT2D eigenvalue weighted by Gasteiger charge is -2.49. The van der Waals surface area contributed by atoms with Crippen LogP contribution in [0.2, 0.25) is 5.02 Å². The highest BCUT2D eigenvalue weighted by molar-refractivity contribution is 6.30. The minimum Gasteiger partial charge on any atom is -0.497 e. The fourth-order valence-electron chi connectivity index (χ4n) is 4.65. The zero-order chi connectivity index (χ0) is 18.4. The largest absolute Gasteiger partial charge is 0.497 e. The van der Waals surface area contributed by atoms with Gasteiger partial charge in [-0.05, 0) is 60.9 Å². The molecule has 1 aliphatic carbocycles. The van der Waals surface area contributed by atoms with Gasteiger partial charge in [0.05, 0.1) is 18.9 Å². The van der Waals surface area contributed by atoms with Crippen molar-refractivity contribution in [3.63, 3.8) is 0 Å². The molecule has 0 aromatic heterocycles. The number of hydrogen-bond donors (Lipinski definition) is 0. The fourth-order valence-corrected chi connectivity index (χ4v) is 4.83. The third-order valence-corrected chi connectivity index (χ3v) is 6.25. The Labute approximate surface area is 164 Å². The van der Waals surface area contributed by atoms with E-state index in [2.05, 4.69) is 17.1 Å². The van der Waals surface area contributed by atoms with E-state index < -0.39 is 0 Å². The van der Waals surface area contributed by atoms with Gasteiger partial charge in [0.15, 0.2) is 5.72 Å². The van der Waals surface area contributed by atoms with Crippen molar-refractivity contribution in [1.29, 1.82) is 0 Å². The van der Waals surface area contributed by atoms with Crippen molar-refractivity contribution >= 4 is 17.3 Å². The van der Waals surface area contributed by atoms with Crippen LogP contribution in [0.25, 0.3) is 0 Å². The van der Waals surface area contributed by atoms with Crippen LogP contribution in [0.3, 0.4) is 0 Å². The highest BCUT2D eigenvalue weighted by Gasteiger charge is 2.50. The Morgan fingerprint density at radius 3 is 2.63 bits per heavy atom. The molecule has 0 N–H and O–H groups in total. The van der Waals surface area contributed by atoms with E-state index in [1.54, 1.807) is 7.11 Å². The minimum atomic E-state index is -0.321. The number of benzene rings is 2. The van der Waals surface area contributed by atoms with E-state index in [1.165, 1.54) is 19.3 Å². The maximum absolute atomic E-state index is 6.59. The summed E-state index contributed by atoms with van der Waals surface area (Å²) in [6.45, 7) is 0. The number of hydrogen-bond acceptors (Lipinski definition) is 4. The number of halogens is 1. The van der Waals surface area contributed by atoms with E-state index in [0.29, 0.717) is 0 Å². The number of ether oxygens (including phenoxy) is 2. The van der Waals surface area contributed by atoms with Gasteiger partial charge in [0.25, 0.3) is 0 Å². The molecular formula is C22H23ClN2O2. The average molecular weight is 383 g/mol. The molecule has 27 heavy (non-hydrogen) atoms. The molecule has 0 radical (unpaired) electrons. The summed E-state index contributed by atoms with van der Waals surface area (Å²) in [5.74, 6) is 1.83. The van der Waals surface area contributed by atoms with Crippen molar-refractivity contribution in [2.45, 2.75) is 50.3 Å². The van der Waals surface area contributed by atoms with Crippen molar-refractivity contribution in [3.8, 4) is 11.5 Å². The second kappa shape index (κ2) is 6.45. The topological polar surface area (TPSA) is 34.1 Å². The number of methoxy groups -OCH3 is 1. The average Bonchev–Trinajstić information content (AvgIpc) is 3.16. The normalized spacial score (nSPS) is 22.7. The van der Waals surface area contributed by atoms with Crippen LogP contribution in [0.1, 0.15) is 55.7 Å². The van der Waals surface area contributed by atoms with Crippen LogP contribution in [-0.2, 0) is 0 Å². The summed E-state index contributed by atoms with van der Waals surface area (Å²) in [4.78, 5) is 0. The molecule has 5 heteroatoms. The lowest BCUT2D eigenvalue weighted by molar-refractivity contribution is -0.140. The number of hydrazone groups is 1. The highest BCUT2D eigenvalue weighted by atomic mass is 35.5. The molecule has 2 aromatic rings. The Hall–Kier alpha value is -2.20. The quantitative estimate of drug-likeness (QED) is 0.682. The molecular weight excluding hydrogens is 360 g/mol. The van der Waals surface area contributed by atoms with Gasteiger partial charge in [-0.3, -0.25) is 0 Å². The van der Waals surface area contributed by atoms with Crippen LogP contribution >= 0.6 is 11.6 Å². The molecule has 0 amide bonds. The van der Waals surface area contributed by atoms with Gasteiger partial charge >= 0.3 is 0 Å². The van der Waals surface area contributed by atoms with Crippen LogP contribution < -0.4 is 9.47 Å². The summed E-state index contributed by atoms with van der Waals surface area (Å²) in [5.41, 5.74) is 3.06. The first-order valence-corrected chi connectivity index (χ1v) is 10.1. The van der Waals surface area contributed by atoms with Crippen LogP contribution in [0, 0.1) is 0 Å². The summed E-state index contributed by atoms with van der Waals surface area (Å²) < 4.78 is 11.9. The van der Waals surface area contributed by atoms with Gasteiger partial charge in [0, 0.05) is 29.8 Å². The SMILES string of the molecule is COc1ccc(C2=NN3C(C2)c2cc(Cl)ccc2OC32CCCCC2)cc1. The van der Waals surface area contributed by atoms with Crippen molar-refractivity contribution in [1.82, 2.24) is 5.01 Å². The van der Waals surface area contributed by atoms with Gasteiger partial charge in [-0.2, -0.15) is 5.10 Å². The predicted octanol–water partition coefficient (Wildman–Crippen LogP) is 5.55. The number of nitrogens with zero attached hydrogens (tertiary/aromatic N) is 2. The van der Waals surface area contributed by atoms with E-state index in [1.807, 2.05) is 30.3 Å². The molecule has 5 rings (SSSR count). The minimum absolute atomic E-state index is 0.183. The van der Waals surface area contributed by atoms with Crippen LogP contribution in [-0.4, -0.2) is 23.6 Å². The lowest BCUT2D eigenvalue weighted by Crippen LogP contribution is -2.54. The van der Waals surface area contributed by atoms with Gasteiger partial charge in [-0.25, -0.2) is 5.01 Å². The molecule has 1 spiro atoms. The summed E-state index contributed by atoms with van der Waals surface area (Å²) in [6.07, 6.45) is 6.53. The summed E-state index contributed by atoms with van der Waals surface area (Å²) in [7, 11) is 1.69. The van der Waals surface area contributed by atoms with Crippen molar-refractivity contribution in [2.75, 3.05) is 7.11 Å². The Bertz CT molecular complexity index is 888. The second-order valence-corrected chi connectivity index (χ2v) is 8.07. The van der Waals surface area contributed by atoms with E-state index in [9.17, 15) is 0 Å². The summed E-state index contributed by atoms with van der Waals surface area (Å²) >= 11 is 6.31. The zero-order valence-corrected chi connectivity index (χ0v) is 16.2. The molecule has 1 atom stereocenters. The van der Waals surface area contributed by atoms with E-state index in [-0.39, 0.29) is 11.8 Å².